The lowest BCUT2D eigenvalue weighted by Gasteiger charge is -2.16. The molecule has 0 saturated carbocycles. The molecule has 0 aliphatic carbocycles. The Kier molecular flexibility index (Phi) is 6.94. The summed E-state index contributed by atoms with van der Waals surface area (Å²) in [5.41, 5.74) is 0.996. The van der Waals surface area contributed by atoms with Crippen LogP contribution >= 0.6 is 11.3 Å². The van der Waals surface area contributed by atoms with Crippen molar-refractivity contribution in [2.45, 2.75) is 25.3 Å². The van der Waals surface area contributed by atoms with Crippen LogP contribution in [0.5, 0.6) is 0 Å². The number of furan rings is 1. The molecule has 2 heterocycles. The molecular formula is C21H22N2O6S2. The number of thiophene rings is 1. The minimum absolute atomic E-state index is 0.0645. The van der Waals surface area contributed by atoms with E-state index in [4.69, 9.17) is 9.15 Å². The standard InChI is InChI=1S/C21H22N2O6S2/c1-4-28-21(25)19-14(2)12-18(30-19)22-20(24)15-7-9-17(10-8-15)31(26,27)23(3)13-16-6-5-11-29-16/h5-12H,4,13H2,1-3H3,(H,22,24). The van der Waals surface area contributed by atoms with Gasteiger partial charge in [-0.2, -0.15) is 4.31 Å². The van der Waals surface area contributed by atoms with E-state index in [0.717, 1.165) is 11.3 Å². The smallest absolute Gasteiger partial charge is 0.348 e. The summed E-state index contributed by atoms with van der Waals surface area (Å²) >= 11 is 1.13. The van der Waals surface area contributed by atoms with Gasteiger partial charge in [-0.05, 0) is 61.9 Å². The highest BCUT2D eigenvalue weighted by molar-refractivity contribution is 7.89. The van der Waals surface area contributed by atoms with Crippen molar-refractivity contribution in [1.29, 1.82) is 0 Å². The number of aryl methyl sites for hydroxylation is 1. The molecule has 2 aromatic heterocycles. The average Bonchev–Trinajstić information content (AvgIpc) is 3.37. The number of hydrogen-bond acceptors (Lipinski definition) is 7. The zero-order valence-electron chi connectivity index (χ0n) is 17.2. The molecule has 0 saturated heterocycles. The Bertz CT molecular complexity index is 1170. The van der Waals surface area contributed by atoms with Gasteiger partial charge in [-0.3, -0.25) is 4.79 Å². The molecule has 0 unspecified atom stereocenters. The molecule has 0 atom stereocenters. The molecule has 8 nitrogen and oxygen atoms in total. The fourth-order valence-electron chi connectivity index (χ4n) is 2.79. The van der Waals surface area contributed by atoms with Crippen molar-refractivity contribution in [3.8, 4) is 0 Å². The third kappa shape index (κ3) is 5.22. The summed E-state index contributed by atoms with van der Waals surface area (Å²) in [4.78, 5) is 25.0. The quantitative estimate of drug-likeness (QED) is 0.509. The Hall–Kier alpha value is -2.95. The molecular weight excluding hydrogens is 440 g/mol. The van der Waals surface area contributed by atoms with Gasteiger partial charge in [0.25, 0.3) is 5.91 Å². The molecule has 3 rings (SSSR count). The van der Waals surface area contributed by atoms with Gasteiger partial charge in [-0.25, -0.2) is 13.2 Å². The second kappa shape index (κ2) is 9.46. The summed E-state index contributed by atoms with van der Waals surface area (Å²) in [5.74, 6) is -0.321. The maximum atomic E-state index is 12.7. The first kappa shape index (κ1) is 22.7. The molecule has 0 spiro atoms. The number of nitrogens with one attached hydrogen (secondary N) is 1. The predicted octanol–water partition coefficient (Wildman–Crippen LogP) is 3.90. The fraction of sp³-hybridized carbons (Fsp3) is 0.238. The normalized spacial score (nSPS) is 11.5. The zero-order valence-corrected chi connectivity index (χ0v) is 18.9. The van der Waals surface area contributed by atoms with E-state index >= 15 is 0 Å². The largest absolute Gasteiger partial charge is 0.468 e. The lowest BCUT2D eigenvalue weighted by Crippen LogP contribution is -2.26. The molecule has 3 aromatic rings. The van der Waals surface area contributed by atoms with Gasteiger partial charge in [0.15, 0.2) is 0 Å². The van der Waals surface area contributed by atoms with Gasteiger partial charge in [0, 0.05) is 12.6 Å². The number of esters is 1. The maximum Gasteiger partial charge on any atom is 0.348 e. The Morgan fingerprint density at radius 3 is 2.52 bits per heavy atom. The summed E-state index contributed by atoms with van der Waals surface area (Å²) in [6.07, 6.45) is 1.48. The lowest BCUT2D eigenvalue weighted by molar-refractivity contribution is 0.0531. The molecule has 1 amide bonds. The SMILES string of the molecule is CCOC(=O)c1sc(NC(=O)c2ccc(S(=O)(=O)N(C)Cc3ccco3)cc2)cc1C. The van der Waals surface area contributed by atoms with Crippen molar-refractivity contribution in [2.24, 2.45) is 0 Å². The van der Waals surface area contributed by atoms with Gasteiger partial charge in [0.1, 0.15) is 10.6 Å². The van der Waals surface area contributed by atoms with Crippen LogP contribution in [-0.4, -0.2) is 38.3 Å². The summed E-state index contributed by atoms with van der Waals surface area (Å²) < 4.78 is 36.8. The molecule has 164 valence electrons. The van der Waals surface area contributed by atoms with Gasteiger partial charge in [-0.1, -0.05) is 0 Å². The minimum Gasteiger partial charge on any atom is -0.468 e. The van der Waals surface area contributed by atoms with E-state index in [9.17, 15) is 18.0 Å². The van der Waals surface area contributed by atoms with Crippen molar-refractivity contribution in [3.05, 3.63) is 70.5 Å². The lowest BCUT2D eigenvalue weighted by atomic mass is 10.2. The first-order valence-electron chi connectivity index (χ1n) is 9.40. The molecule has 0 bridgehead atoms. The van der Waals surface area contributed by atoms with Crippen molar-refractivity contribution in [3.63, 3.8) is 0 Å². The van der Waals surface area contributed by atoms with Gasteiger partial charge in [0.2, 0.25) is 10.0 Å². The van der Waals surface area contributed by atoms with E-state index in [-0.39, 0.29) is 23.6 Å². The summed E-state index contributed by atoms with van der Waals surface area (Å²) in [6, 6.07) is 10.7. The second-order valence-corrected chi connectivity index (χ2v) is 9.76. The van der Waals surface area contributed by atoms with Crippen LogP contribution in [0, 0.1) is 6.92 Å². The number of carbonyl (C=O) groups excluding carboxylic acids is 2. The fourth-order valence-corrected chi connectivity index (χ4v) is 4.89. The van der Waals surface area contributed by atoms with Crippen LogP contribution in [0.1, 0.15) is 38.3 Å². The van der Waals surface area contributed by atoms with Crippen LogP contribution in [0.2, 0.25) is 0 Å². The first-order chi connectivity index (χ1) is 14.7. The van der Waals surface area contributed by atoms with Crippen molar-refractivity contribution in [1.82, 2.24) is 4.31 Å². The van der Waals surface area contributed by atoms with E-state index in [1.165, 1.54) is 41.9 Å². The highest BCUT2D eigenvalue weighted by Gasteiger charge is 2.22. The number of ether oxygens (including phenoxy) is 1. The number of carbonyl (C=O) groups is 2. The molecule has 1 N–H and O–H groups in total. The van der Waals surface area contributed by atoms with Crippen LogP contribution in [0.3, 0.4) is 0 Å². The van der Waals surface area contributed by atoms with E-state index < -0.39 is 21.9 Å². The van der Waals surface area contributed by atoms with Gasteiger partial charge in [0.05, 0.1) is 29.3 Å². The number of rotatable bonds is 8. The highest BCUT2D eigenvalue weighted by atomic mass is 32.2. The molecule has 0 aliphatic heterocycles. The number of amides is 1. The topological polar surface area (TPSA) is 106 Å². The summed E-state index contributed by atoms with van der Waals surface area (Å²) in [6.45, 7) is 3.85. The molecule has 0 fully saturated rings. The van der Waals surface area contributed by atoms with Crippen LogP contribution in [-0.2, 0) is 21.3 Å². The molecule has 0 radical (unpaired) electrons. The first-order valence-corrected chi connectivity index (χ1v) is 11.7. The Balaban J connectivity index is 1.70. The number of sulfonamides is 1. The van der Waals surface area contributed by atoms with E-state index in [0.29, 0.717) is 21.2 Å². The third-order valence-corrected chi connectivity index (χ3v) is 7.35. The monoisotopic (exact) mass is 462 g/mol. The van der Waals surface area contributed by atoms with Gasteiger partial charge >= 0.3 is 5.97 Å². The Morgan fingerprint density at radius 2 is 1.90 bits per heavy atom. The van der Waals surface area contributed by atoms with Gasteiger partial charge < -0.3 is 14.5 Å². The van der Waals surface area contributed by atoms with Crippen molar-refractivity contribution >= 4 is 38.2 Å². The van der Waals surface area contributed by atoms with Crippen LogP contribution in [0.15, 0.2) is 58.0 Å². The van der Waals surface area contributed by atoms with Crippen LogP contribution in [0.4, 0.5) is 5.00 Å². The van der Waals surface area contributed by atoms with E-state index in [1.54, 1.807) is 32.0 Å². The zero-order chi connectivity index (χ0) is 22.6. The number of nitrogens with zero attached hydrogens (tertiary/aromatic N) is 1. The third-order valence-electron chi connectivity index (χ3n) is 4.40. The van der Waals surface area contributed by atoms with Crippen molar-refractivity contribution in [2.75, 3.05) is 19.0 Å². The maximum absolute atomic E-state index is 12.7. The number of benzene rings is 1. The van der Waals surface area contributed by atoms with E-state index in [1.807, 2.05) is 0 Å². The Labute approximate surface area is 184 Å². The van der Waals surface area contributed by atoms with Crippen LogP contribution in [0.25, 0.3) is 0 Å². The minimum atomic E-state index is -3.74. The van der Waals surface area contributed by atoms with Gasteiger partial charge in [-0.15, -0.1) is 11.3 Å². The summed E-state index contributed by atoms with van der Waals surface area (Å²) in [5, 5.41) is 3.23. The molecule has 10 heteroatoms. The molecule has 31 heavy (non-hydrogen) atoms. The van der Waals surface area contributed by atoms with Crippen LogP contribution < -0.4 is 5.32 Å². The summed E-state index contributed by atoms with van der Waals surface area (Å²) in [7, 11) is -2.28. The van der Waals surface area contributed by atoms with E-state index in [2.05, 4.69) is 5.32 Å². The Morgan fingerprint density at radius 1 is 1.19 bits per heavy atom. The number of anilines is 1. The number of hydrogen-bond donors (Lipinski definition) is 1. The molecule has 1 aromatic carbocycles. The highest BCUT2D eigenvalue weighted by Crippen LogP contribution is 2.28. The predicted molar refractivity (Wildman–Crippen MR) is 117 cm³/mol. The molecule has 0 aliphatic rings. The van der Waals surface area contributed by atoms with Crippen molar-refractivity contribution < 1.29 is 27.2 Å². The average molecular weight is 463 g/mol. The second-order valence-electron chi connectivity index (χ2n) is 6.66.